The molecule has 4 unspecified atom stereocenters. The summed E-state index contributed by atoms with van der Waals surface area (Å²) in [6.45, 7) is 13.0. The number of epoxide rings is 1. The van der Waals surface area contributed by atoms with E-state index in [1.165, 1.54) is 5.57 Å². The van der Waals surface area contributed by atoms with Gasteiger partial charge in [-0.05, 0) is 60.3 Å². The van der Waals surface area contributed by atoms with Crippen molar-refractivity contribution in [1.82, 2.24) is 0 Å². The van der Waals surface area contributed by atoms with Gasteiger partial charge in [-0.25, -0.2) is 0 Å². The zero-order chi connectivity index (χ0) is 20.3. The molecule has 0 radical (unpaired) electrons. The van der Waals surface area contributed by atoms with E-state index in [2.05, 4.69) is 46.4 Å². The molecular formula is C21H40O4S2. The molecule has 1 saturated heterocycles. The highest BCUT2D eigenvalue weighted by molar-refractivity contribution is 8.00. The normalized spacial score (nSPS) is 25.1. The number of ether oxygens (including phenoxy) is 3. The average Bonchev–Trinajstić information content (AvgIpc) is 3.18. The summed E-state index contributed by atoms with van der Waals surface area (Å²) >= 11 is 5.93. The summed E-state index contributed by atoms with van der Waals surface area (Å²) in [7, 11) is 0. The molecule has 1 N–H and O–H groups in total. The predicted molar refractivity (Wildman–Crippen MR) is 119 cm³/mol. The molecule has 6 heteroatoms. The quantitative estimate of drug-likeness (QED) is 0.167. The van der Waals surface area contributed by atoms with Gasteiger partial charge in [0.25, 0.3) is 0 Å². The van der Waals surface area contributed by atoms with Gasteiger partial charge in [-0.15, -0.1) is 0 Å². The first-order valence-corrected chi connectivity index (χ1v) is 11.8. The van der Waals surface area contributed by atoms with Crippen LogP contribution in [0.5, 0.6) is 0 Å². The number of allylic oxidation sites excluding steroid dienone is 2. The molecule has 0 saturated carbocycles. The van der Waals surface area contributed by atoms with Gasteiger partial charge in [0, 0.05) is 16.8 Å². The molecule has 0 aromatic carbocycles. The van der Waals surface area contributed by atoms with Gasteiger partial charge in [0.1, 0.15) is 0 Å². The lowest BCUT2D eigenvalue weighted by molar-refractivity contribution is 0.0445. The highest BCUT2D eigenvalue weighted by Gasteiger charge is 2.49. The topological polar surface area (TPSA) is 51.2 Å². The van der Waals surface area contributed by atoms with E-state index in [1.54, 1.807) is 0 Å². The van der Waals surface area contributed by atoms with Gasteiger partial charge >= 0.3 is 0 Å². The van der Waals surface area contributed by atoms with Crippen LogP contribution < -0.4 is 0 Å². The Morgan fingerprint density at radius 1 is 1.30 bits per heavy atom. The van der Waals surface area contributed by atoms with Gasteiger partial charge in [0.2, 0.25) is 0 Å². The first kappa shape index (κ1) is 25.3. The Morgan fingerprint density at radius 2 is 1.93 bits per heavy atom. The molecule has 27 heavy (non-hydrogen) atoms. The lowest BCUT2D eigenvalue weighted by atomic mass is 9.90. The van der Waals surface area contributed by atoms with E-state index in [0.29, 0.717) is 32.5 Å². The molecule has 0 aliphatic carbocycles. The predicted octanol–water partition coefficient (Wildman–Crippen LogP) is 4.51. The van der Waals surface area contributed by atoms with Gasteiger partial charge in [-0.2, -0.15) is 24.4 Å². The minimum absolute atomic E-state index is 0.00434. The number of hydrogen-bond donors (Lipinski definition) is 2. The van der Waals surface area contributed by atoms with Crippen molar-refractivity contribution in [1.29, 1.82) is 0 Å². The zero-order valence-corrected chi connectivity index (χ0v) is 19.5. The molecule has 1 rings (SSSR count). The highest BCUT2D eigenvalue weighted by atomic mass is 32.2. The summed E-state index contributed by atoms with van der Waals surface area (Å²) in [4.78, 5) is 0. The summed E-state index contributed by atoms with van der Waals surface area (Å²) < 4.78 is 16.7. The standard InChI is InChI=1S/C21H40O4S2/c1-17(2)7-6-9-20(4,22)19(8-10-21(5)18(3)25-21)27-16-14-24-12-11-23-13-15-26/h7,18-19,22,26H,6,8-16H2,1-5H3. The van der Waals surface area contributed by atoms with Gasteiger partial charge in [-0.3, -0.25) is 0 Å². The second-order valence-electron chi connectivity index (χ2n) is 8.10. The fraction of sp³-hybridized carbons (Fsp3) is 0.905. The number of hydrogen-bond acceptors (Lipinski definition) is 6. The third kappa shape index (κ3) is 10.6. The second-order valence-corrected chi connectivity index (χ2v) is 9.85. The summed E-state index contributed by atoms with van der Waals surface area (Å²) in [5, 5.41) is 11.3. The smallest absolute Gasteiger partial charge is 0.0918 e. The summed E-state index contributed by atoms with van der Waals surface area (Å²) in [5.41, 5.74) is 0.604. The third-order valence-electron chi connectivity index (χ3n) is 5.20. The van der Waals surface area contributed by atoms with Gasteiger partial charge in [0.15, 0.2) is 0 Å². The molecule has 0 spiro atoms. The van der Waals surface area contributed by atoms with Crippen molar-refractivity contribution in [2.75, 3.05) is 37.9 Å². The number of rotatable bonds is 16. The van der Waals surface area contributed by atoms with Crippen LogP contribution in [0.2, 0.25) is 0 Å². The minimum atomic E-state index is -0.694. The van der Waals surface area contributed by atoms with Crippen molar-refractivity contribution < 1.29 is 19.3 Å². The highest BCUT2D eigenvalue weighted by Crippen LogP contribution is 2.42. The Bertz CT molecular complexity index is 438. The fourth-order valence-electron chi connectivity index (χ4n) is 3.07. The lowest BCUT2D eigenvalue weighted by Crippen LogP contribution is -2.38. The maximum Gasteiger partial charge on any atom is 0.0918 e. The monoisotopic (exact) mass is 420 g/mol. The Morgan fingerprint density at radius 3 is 2.48 bits per heavy atom. The average molecular weight is 421 g/mol. The first-order chi connectivity index (χ1) is 12.7. The van der Waals surface area contributed by atoms with Crippen molar-refractivity contribution in [2.45, 2.75) is 82.9 Å². The molecule has 4 nitrogen and oxygen atoms in total. The molecule has 1 aliphatic heterocycles. The van der Waals surface area contributed by atoms with Crippen LogP contribution >= 0.6 is 24.4 Å². The van der Waals surface area contributed by atoms with Crippen LogP contribution in [0.25, 0.3) is 0 Å². The van der Waals surface area contributed by atoms with Crippen molar-refractivity contribution >= 4 is 24.4 Å². The summed E-state index contributed by atoms with van der Waals surface area (Å²) in [5.74, 6) is 1.61. The van der Waals surface area contributed by atoms with E-state index in [4.69, 9.17) is 14.2 Å². The van der Waals surface area contributed by atoms with E-state index >= 15 is 0 Å². The maximum absolute atomic E-state index is 11.1. The van der Waals surface area contributed by atoms with E-state index in [1.807, 2.05) is 18.7 Å². The molecular weight excluding hydrogens is 380 g/mol. The summed E-state index contributed by atoms with van der Waals surface area (Å²) in [6.07, 6.45) is 6.18. The molecule has 160 valence electrons. The van der Waals surface area contributed by atoms with E-state index in [0.717, 1.165) is 37.2 Å². The molecule has 0 amide bonds. The van der Waals surface area contributed by atoms with Crippen LogP contribution in [-0.4, -0.2) is 65.6 Å². The number of thioether (sulfide) groups is 1. The zero-order valence-electron chi connectivity index (χ0n) is 17.8. The minimum Gasteiger partial charge on any atom is -0.389 e. The largest absolute Gasteiger partial charge is 0.389 e. The Kier molecular flexibility index (Phi) is 12.0. The molecule has 0 bridgehead atoms. The molecule has 1 fully saturated rings. The van der Waals surface area contributed by atoms with Crippen LogP contribution in [0, 0.1) is 0 Å². The van der Waals surface area contributed by atoms with Crippen molar-refractivity contribution in [3.8, 4) is 0 Å². The molecule has 0 aromatic heterocycles. The summed E-state index contributed by atoms with van der Waals surface area (Å²) in [6, 6.07) is 0. The molecule has 4 atom stereocenters. The SMILES string of the molecule is CC(C)=CCCC(C)(O)C(CCC1(C)OC1C)SCCOCCOCCS. The van der Waals surface area contributed by atoms with Gasteiger partial charge in [0.05, 0.1) is 43.7 Å². The number of aliphatic hydroxyl groups is 1. The van der Waals surface area contributed by atoms with Gasteiger partial charge in [-0.1, -0.05) is 11.6 Å². The van der Waals surface area contributed by atoms with E-state index in [9.17, 15) is 5.11 Å². The van der Waals surface area contributed by atoms with Crippen molar-refractivity contribution in [2.24, 2.45) is 0 Å². The molecule has 1 aliphatic rings. The lowest BCUT2D eigenvalue weighted by Gasteiger charge is -2.33. The van der Waals surface area contributed by atoms with Crippen LogP contribution in [-0.2, 0) is 14.2 Å². The molecule has 0 aromatic rings. The number of thiol groups is 1. The Balaban J connectivity index is 2.41. The third-order valence-corrected chi connectivity index (χ3v) is 6.93. The van der Waals surface area contributed by atoms with Crippen LogP contribution in [0.3, 0.4) is 0 Å². The van der Waals surface area contributed by atoms with E-state index in [-0.39, 0.29) is 10.9 Å². The van der Waals surface area contributed by atoms with Crippen molar-refractivity contribution in [3.63, 3.8) is 0 Å². The van der Waals surface area contributed by atoms with Crippen LogP contribution in [0.4, 0.5) is 0 Å². The van der Waals surface area contributed by atoms with Gasteiger partial charge < -0.3 is 19.3 Å². The first-order valence-electron chi connectivity index (χ1n) is 10.1. The molecule has 1 heterocycles. The Hall–Kier alpha value is 0.280. The van der Waals surface area contributed by atoms with E-state index < -0.39 is 5.60 Å². The van der Waals surface area contributed by atoms with Crippen LogP contribution in [0.15, 0.2) is 11.6 Å². The maximum atomic E-state index is 11.1. The Labute approximate surface area is 176 Å². The second kappa shape index (κ2) is 12.8. The fourth-order valence-corrected chi connectivity index (χ4v) is 4.46. The van der Waals surface area contributed by atoms with Crippen LogP contribution in [0.1, 0.15) is 60.3 Å². The van der Waals surface area contributed by atoms with Crippen molar-refractivity contribution in [3.05, 3.63) is 11.6 Å².